The second kappa shape index (κ2) is 7.43. The fourth-order valence-electron chi connectivity index (χ4n) is 3.22. The largest absolute Gasteiger partial charge is 0.425 e. The maximum absolute atomic E-state index is 13.2. The number of thiazole rings is 1. The fourth-order valence-corrected chi connectivity index (χ4v) is 4.21. The van der Waals surface area contributed by atoms with Crippen LogP contribution < -0.4 is 4.74 Å². The van der Waals surface area contributed by atoms with Crippen molar-refractivity contribution >= 4 is 27.5 Å². The molecule has 2 aromatic carbocycles. The van der Waals surface area contributed by atoms with Crippen LogP contribution in [0.15, 0.2) is 48.5 Å². The van der Waals surface area contributed by atoms with Crippen molar-refractivity contribution in [3.8, 4) is 16.3 Å². The number of nitrogens with zero attached hydrogens (tertiary/aromatic N) is 1. The van der Waals surface area contributed by atoms with E-state index in [1.807, 2.05) is 49.4 Å². The molecule has 0 radical (unpaired) electrons. The van der Waals surface area contributed by atoms with Gasteiger partial charge in [0.1, 0.15) is 10.8 Å². The van der Waals surface area contributed by atoms with Crippen LogP contribution in [0.2, 0.25) is 0 Å². The molecule has 0 saturated carbocycles. The van der Waals surface area contributed by atoms with E-state index in [1.54, 1.807) is 11.3 Å². The molecule has 0 amide bonds. The summed E-state index contributed by atoms with van der Waals surface area (Å²) in [4.78, 5) is 17.9. The summed E-state index contributed by atoms with van der Waals surface area (Å²) in [5, 5.41) is 0.868. The van der Waals surface area contributed by atoms with Crippen LogP contribution in [0.3, 0.4) is 0 Å². The molecule has 0 bridgehead atoms. The van der Waals surface area contributed by atoms with Gasteiger partial charge in [0.25, 0.3) is 0 Å². The average molecular weight is 382 g/mol. The van der Waals surface area contributed by atoms with Crippen molar-refractivity contribution in [3.05, 3.63) is 48.5 Å². The van der Waals surface area contributed by atoms with Gasteiger partial charge in [-0.1, -0.05) is 58.4 Å². The van der Waals surface area contributed by atoms with Crippen LogP contribution in [-0.2, 0) is 4.79 Å². The van der Waals surface area contributed by atoms with Crippen molar-refractivity contribution in [2.45, 2.75) is 47.5 Å². The Balaban J connectivity index is 1.98. The molecule has 1 unspecified atom stereocenters. The van der Waals surface area contributed by atoms with Crippen molar-refractivity contribution < 1.29 is 9.53 Å². The topological polar surface area (TPSA) is 39.2 Å². The van der Waals surface area contributed by atoms with Gasteiger partial charge >= 0.3 is 5.97 Å². The minimum absolute atomic E-state index is 0.176. The Hall–Kier alpha value is -2.20. The molecule has 3 nitrogen and oxygen atoms in total. The third kappa shape index (κ3) is 3.77. The summed E-state index contributed by atoms with van der Waals surface area (Å²) < 4.78 is 7.09. The van der Waals surface area contributed by atoms with E-state index in [2.05, 4.69) is 33.8 Å². The number of benzene rings is 2. The van der Waals surface area contributed by atoms with Gasteiger partial charge in [-0.2, -0.15) is 0 Å². The molecule has 0 N–H and O–H groups in total. The van der Waals surface area contributed by atoms with Crippen LogP contribution in [-0.4, -0.2) is 11.0 Å². The Labute approximate surface area is 165 Å². The number of esters is 1. The number of hydrogen-bond donors (Lipinski definition) is 0. The third-order valence-electron chi connectivity index (χ3n) is 5.47. The van der Waals surface area contributed by atoms with E-state index < -0.39 is 5.41 Å². The molecule has 1 aromatic heterocycles. The van der Waals surface area contributed by atoms with Crippen molar-refractivity contribution in [3.63, 3.8) is 0 Å². The van der Waals surface area contributed by atoms with E-state index in [1.165, 1.54) is 0 Å². The number of carbonyl (C=O) groups excluding carboxylic acids is 1. The van der Waals surface area contributed by atoms with E-state index in [0.29, 0.717) is 5.75 Å². The molecule has 4 heteroatoms. The highest BCUT2D eigenvalue weighted by Crippen LogP contribution is 2.44. The highest BCUT2D eigenvalue weighted by atomic mass is 32.1. The highest BCUT2D eigenvalue weighted by Gasteiger charge is 2.45. The smallest absolute Gasteiger partial charge is 0.317 e. The lowest BCUT2D eigenvalue weighted by Gasteiger charge is -2.39. The minimum Gasteiger partial charge on any atom is -0.425 e. The molecule has 3 aromatic rings. The van der Waals surface area contributed by atoms with Crippen LogP contribution in [0, 0.1) is 10.8 Å². The zero-order chi connectivity index (χ0) is 19.7. The van der Waals surface area contributed by atoms with E-state index in [0.717, 1.165) is 33.6 Å². The van der Waals surface area contributed by atoms with Gasteiger partial charge in [-0.3, -0.25) is 4.79 Å². The molecular formula is C23H27NO2S. The number of ether oxygens (including phenoxy) is 1. The lowest BCUT2D eigenvalue weighted by molar-refractivity contribution is -0.152. The number of aromatic nitrogens is 1. The van der Waals surface area contributed by atoms with E-state index >= 15 is 0 Å². The molecule has 0 saturated heterocycles. The second-order valence-corrected chi connectivity index (χ2v) is 9.24. The molecule has 0 aliphatic carbocycles. The monoisotopic (exact) mass is 381 g/mol. The standard InChI is InChI=1S/C23H27NO2S/c1-6-15-23(5,22(2,3)4)21(25)26-18-13-9-7-11-16(18)20-24-17-12-8-10-14-19(17)27-20/h7-14H,6,15H2,1-5H3. The Morgan fingerprint density at radius 1 is 1.04 bits per heavy atom. The van der Waals surface area contributed by atoms with E-state index in [9.17, 15) is 4.79 Å². The van der Waals surface area contributed by atoms with Crippen molar-refractivity contribution in [2.75, 3.05) is 0 Å². The Morgan fingerprint density at radius 2 is 1.70 bits per heavy atom. The first-order valence-electron chi connectivity index (χ1n) is 9.43. The first kappa shape index (κ1) is 19.6. The van der Waals surface area contributed by atoms with Crippen LogP contribution in [0.4, 0.5) is 0 Å². The van der Waals surface area contributed by atoms with Gasteiger partial charge in [0.05, 0.1) is 21.2 Å². The molecule has 0 aliphatic rings. The van der Waals surface area contributed by atoms with Gasteiger partial charge in [-0.25, -0.2) is 4.98 Å². The summed E-state index contributed by atoms with van der Waals surface area (Å²) in [6.45, 7) is 10.4. The van der Waals surface area contributed by atoms with Gasteiger partial charge < -0.3 is 4.74 Å². The van der Waals surface area contributed by atoms with Gasteiger partial charge in [0.2, 0.25) is 0 Å². The zero-order valence-corrected chi connectivity index (χ0v) is 17.5. The normalized spacial score (nSPS) is 14.1. The van der Waals surface area contributed by atoms with Gasteiger partial charge in [-0.05, 0) is 43.0 Å². The summed E-state index contributed by atoms with van der Waals surface area (Å²) in [7, 11) is 0. The van der Waals surface area contributed by atoms with Crippen molar-refractivity contribution in [2.24, 2.45) is 10.8 Å². The van der Waals surface area contributed by atoms with Crippen LogP contribution in [0.5, 0.6) is 5.75 Å². The maximum Gasteiger partial charge on any atom is 0.317 e. The molecule has 0 fully saturated rings. The highest BCUT2D eigenvalue weighted by molar-refractivity contribution is 7.21. The number of carbonyl (C=O) groups is 1. The van der Waals surface area contributed by atoms with Crippen LogP contribution in [0.25, 0.3) is 20.8 Å². The van der Waals surface area contributed by atoms with E-state index in [4.69, 9.17) is 9.72 Å². The Bertz CT molecular complexity index is 921. The summed E-state index contributed by atoms with van der Waals surface area (Å²) in [5.74, 6) is 0.401. The van der Waals surface area contributed by atoms with Crippen LogP contribution in [0.1, 0.15) is 47.5 Å². The van der Waals surface area contributed by atoms with Gasteiger partial charge in [0, 0.05) is 0 Å². The lowest BCUT2D eigenvalue weighted by atomic mass is 9.65. The summed E-state index contributed by atoms with van der Waals surface area (Å²) in [6, 6.07) is 15.7. The van der Waals surface area contributed by atoms with Crippen molar-refractivity contribution in [1.82, 2.24) is 4.98 Å². The third-order valence-corrected chi connectivity index (χ3v) is 6.54. The molecule has 142 valence electrons. The predicted octanol–water partition coefficient (Wildman–Crippen LogP) is 6.72. The number of hydrogen-bond acceptors (Lipinski definition) is 4. The molecule has 1 atom stereocenters. The number of fused-ring (bicyclic) bond motifs is 1. The molecule has 1 heterocycles. The second-order valence-electron chi connectivity index (χ2n) is 8.20. The quantitative estimate of drug-likeness (QED) is 0.364. The summed E-state index contributed by atoms with van der Waals surface area (Å²) in [5.41, 5.74) is 1.08. The van der Waals surface area contributed by atoms with E-state index in [-0.39, 0.29) is 11.4 Å². The first-order chi connectivity index (χ1) is 12.8. The summed E-state index contributed by atoms with van der Waals surface area (Å²) in [6.07, 6.45) is 1.72. The molecule has 3 rings (SSSR count). The summed E-state index contributed by atoms with van der Waals surface area (Å²) >= 11 is 1.61. The van der Waals surface area contributed by atoms with Crippen LogP contribution >= 0.6 is 11.3 Å². The molecule has 27 heavy (non-hydrogen) atoms. The predicted molar refractivity (Wildman–Crippen MR) is 113 cm³/mol. The maximum atomic E-state index is 13.2. The minimum atomic E-state index is -0.553. The van der Waals surface area contributed by atoms with Crippen molar-refractivity contribution in [1.29, 1.82) is 0 Å². The lowest BCUT2D eigenvalue weighted by Crippen LogP contribution is -2.43. The average Bonchev–Trinajstić information content (AvgIpc) is 3.05. The molecular weight excluding hydrogens is 354 g/mol. The molecule has 0 spiro atoms. The SMILES string of the molecule is CCCC(C)(C(=O)Oc1ccccc1-c1nc2ccccc2s1)C(C)(C)C. The van der Waals surface area contributed by atoms with Gasteiger partial charge in [-0.15, -0.1) is 11.3 Å². The molecule has 0 aliphatic heterocycles. The number of rotatable bonds is 5. The Morgan fingerprint density at radius 3 is 2.37 bits per heavy atom. The first-order valence-corrected chi connectivity index (χ1v) is 10.2. The Kier molecular flexibility index (Phi) is 5.38. The zero-order valence-electron chi connectivity index (χ0n) is 16.7. The van der Waals surface area contributed by atoms with Gasteiger partial charge in [0.15, 0.2) is 0 Å². The fraction of sp³-hybridized carbons (Fsp3) is 0.391. The number of para-hydroxylation sites is 2.